The predicted molar refractivity (Wildman–Crippen MR) is 176 cm³/mol. The Labute approximate surface area is 306 Å². The number of hydrogen-bond donors (Lipinski definition) is 2. The Kier molecular flexibility index (Phi) is 11.0. The molecule has 2 atom stereocenters. The van der Waals surface area contributed by atoms with Gasteiger partial charge in [-0.15, -0.1) is 13.2 Å². The number of benzene rings is 2. The van der Waals surface area contributed by atoms with Gasteiger partial charge in [-0.1, -0.05) is 17.3 Å². The van der Waals surface area contributed by atoms with E-state index in [0.29, 0.717) is 13.0 Å². The first-order valence-electron chi connectivity index (χ1n) is 15.6. The van der Waals surface area contributed by atoms with E-state index in [1.165, 1.54) is 41.5 Å². The number of ether oxygens (including phenoxy) is 3. The summed E-state index contributed by atoms with van der Waals surface area (Å²) in [6.45, 7) is 8.52. The van der Waals surface area contributed by atoms with Gasteiger partial charge >= 0.3 is 24.7 Å². The molecule has 1 aliphatic rings. The van der Waals surface area contributed by atoms with E-state index in [1.807, 2.05) is 0 Å². The smallest absolute Gasteiger partial charge is 0.444 e. The molecule has 1 aromatic heterocycles. The van der Waals surface area contributed by atoms with Gasteiger partial charge in [-0.05, 0) is 78.3 Å². The van der Waals surface area contributed by atoms with Crippen molar-refractivity contribution in [1.29, 1.82) is 0 Å². The number of nitrogens with zero attached hydrogens (tertiary/aromatic N) is 3. The molecule has 1 aliphatic heterocycles. The number of halogens is 7. The second kappa shape index (κ2) is 14.3. The average molecular weight is 802 g/mol. The third-order valence-electron chi connectivity index (χ3n) is 7.23. The van der Waals surface area contributed by atoms with Gasteiger partial charge in [0.15, 0.2) is 9.84 Å². The fraction of sp³-hybridized carbons (Fsp3) is 0.469. The van der Waals surface area contributed by atoms with E-state index in [9.17, 15) is 49.1 Å². The first kappa shape index (κ1) is 41.6. The molecular formula is C32H38F7N5O9S. The van der Waals surface area contributed by atoms with Crippen LogP contribution < -0.4 is 20.3 Å². The number of fused-ring (bicyclic) bond motifs is 1. The van der Waals surface area contributed by atoms with Crippen LogP contribution in [0.25, 0.3) is 11.4 Å². The Bertz CT molecular complexity index is 2040. The molecule has 54 heavy (non-hydrogen) atoms. The van der Waals surface area contributed by atoms with Crippen molar-refractivity contribution in [2.24, 2.45) is 0 Å². The van der Waals surface area contributed by atoms with Crippen molar-refractivity contribution < 1.29 is 75.1 Å². The number of sulfone groups is 1. The number of rotatable bonds is 7. The van der Waals surface area contributed by atoms with Crippen molar-refractivity contribution in [2.75, 3.05) is 10.7 Å². The van der Waals surface area contributed by atoms with Gasteiger partial charge in [0.05, 0.1) is 28.4 Å². The van der Waals surface area contributed by atoms with Crippen molar-refractivity contribution in [3.8, 4) is 17.1 Å². The molecule has 300 valence electrons. The molecule has 14 nitrogen and oxygen atoms in total. The van der Waals surface area contributed by atoms with Gasteiger partial charge in [0.25, 0.3) is 11.8 Å². The zero-order valence-electron chi connectivity index (χ0n) is 29.5. The van der Waals surface area contributed by atoms with E-state index in [2.05, 4.69) is 20.2 Å². The number of carbonyl (C=O) groups is 3. The fourth-order valence-electron chi connectivity index (χ4n) is 4.85. The molecule has 1 unspecified atom stereocenters. The summed E-state index contributed by atoms with van der Waals surface area (Å²) in [6, 6.07) is 3.34. The molecule has 0 saturated carbocycles. The zero-order valence-corrected chi connectivity index (χ0v) is 30.3. The average Bonchev–Trinajstić information content (AvgIpc) is 3.45. The minimum absolute atomic E-state index is 0. The standard InChI is InChI=1S/C32H34F7N5O9S.2H2/c1-28(2,3)51-26(46)40-20-15-54(48,49)22-13-19(33)18(12-21(22)44(24(20)45)14-16-8-10-17(11-9-16)50-32(37,38)39)23-41-25(53-43-23)30(7,31(34,35)36)42-27(47)52-29(4,5)6;;/h8-13,20H,14-15H2,1-7H3,(H,40,46)(H,42,47);2*1H/t20-,30?;;/m0../s1. The number of aromatic nitrogens is 2. The molecule has 3 aromatic rings. The van der Waals surface area contributed by atoms with Crippen LogP contribution in [-0.2, 0) is 36.2 Å². The first-order valence-corrected chi connectivity index (χ1v) is 17.3. The number of carbonyl (C=O) groups excluding carboxylic acids is 3. The zero-order chi connectivity index (χ0) is 40.8. The van der Waals surface area contributed by atoms with Gasteiger partial charge in [-0.2, -0.15) is 18.2 Å². The number of alkyl carbamates (subject to hydrolysis) is 2. The summed E-state index contributed by atoms with van der Waals surface area (Å²) in [5.41, 5.74) is -6.96. The van der Waals surface area contributed by atoms with Gasteiger partial charge in [-0.3, -0.25) is 10.1 Å². The van der Waals surface area contributed by atoms with Gasteiger partial charge < -0.3 is 29.0 Å². The van der Waals surface area contributed by atoms with Crippen LogP contribution in [0.2, 0.25) is 0 Å². The van der Waals surface area contributed by atoms with E-state index in [-0.39, 0.29) is 8.42 Å². The first-order chi connectivity index (χ1) is 24.5. The molecule has 0 fully saturated rings. The third-order valence-corrected chi connectivity index (χ3v) is 9.00. The monoisotopic (exact) mass is 801 g/mol. The second-order valence-electron chi connectivity index (χ2n) is 14.1. The summed E-state index contributed by atoms with van der Waals surface area (Å²) in [5.74, 6) is -6.43. The van der Waals surface area contributed by atoms with Crippen molar-refractivity contribution in [2.45, 2.75) is 95.2 Å². The van der Waals surface area contributed by atoms with Crippen LogP contribution in [0.3, 0.4) is 0 Å². The Hall–Kier alpha value is -5.15. The van der Waals surface area contributed by atoms with Crippen LogP contribution in [0.15, 0.2) is 45.8 Å². The lowest BCUT2D eigenvalue weighted by Crippen LogP contribution is -2.55. The van der Waals surface area contributed by atoms with Gasteiger partial charge in [-0.25, -0.2) is 22.4 Å². The summed E-state index contributed by atoms with van der Waals surface area (Å²) >= 11 is 0. The second-order valence-corrected chi connectivity index (χ2v) is 16.1. The summed E-state index contributed by atoms with van der Waals surface area (Å²) in [4.78, 5) is 42.7. The maximum atomic E-state index is 15.8. The minimum atomic E-state index is -5.30. The largest absolute Gasteiger partial charge is 0.573 e. The summed E-state index contributed by atoms with van der Waals surface area (Å²) in [7, 11) is -4.68. The topological polar surface area (TPSA) is 179 Å². The molecule has 0 radical (unpaired) electrons. The van der Waals surface area contributed by atoms with Crippen molar-refractivity contribution in [3.05, 3.63) is 53.7 Å². The SMILES string of the molecule is CC(C)(C)OC(=O)N[C@H]1CS(=O)(=O)c2cc(F)c(-c3noc(C(C)(NC(=O)OC(C)(C)C)C(F)(F)F)n3)cc2N(Cc2ccc(OC(F)(F)F)cc2)C1=O.[HH].[HH]. The maximum absolute atomic E-state index is 15.8. The van der Waals surface area contributed by atoms with Crippen molar-refractivity contribution >= 4 is 33.6 Å². The van der Waals surface area contributed by atoms with Crippen LogP contribution in [0.1, 0.15) is 62.8 Å². The lowest BCUT2D eigenvalue weighted by molar-refractivity contribution is -0.274. The van der Waals surface area contributed by atoms with E-state index in [1.54, 1.807) is 5.32 Å². The van der Waals surface area contributed by atoms with E-state index in [0.717, 1.165) is 35.2 Å². The van der Waals surface area contributed by atoms with Crippen LogP contribution >= 0.6 is 0 Å². The Morgan fingerprint density at radius 3 is 2.06 bits per heavy atom. The predicted octanol–water partition coefficient (Wildman–Crippen LogP) is 6.78. The molecule has 0 aliphatic carbocycles. The summed E-state index contributed by atoms with van der Waals surface area (Å²) in [5, 5.41) is 7.21. The van der Waals surface area contributed by atoms with Crippen LogP contribution in [0.5, 0.6) is 5.75 Å². The normalized spacial score (nSPS) is 17.5. The maximum Gasteiger partial charge on any atom is 0.573 e. The van der Waals surface area contributed by atoms with E-state index < -0.39 is 115 Å². The molecule has 3 amide bonds. The van der Waals surface area contributed by atoms with Crippen LogP contribution in [-0.4, -0.2) is 72.2 Å². The number of alkyl halides is 6. The molecule has 22 heteroatoms. The highest BCUT2D eigenvalue weighted by Crippen LogP contribution is 2.41. The van der Waals surface area contributed by atoms with Crippen molar-refractivity contribution in [3.63, 3.8) is 0 Å². The van der Waals surface area contributed by atoms with Gasteiger partial charge in [0, 0.05) is 2.85 Å². The lowest BCUT2D eigenvalue weighted by atomic mass is 10.0. The molecule has 2 N–H and O–H groups in total. The lowest BCUT2D eigenvalue weighted by Gasteiger charge is -2.30. The highest BCUT2D eigenvalue weighted by molar-refractivity contribution is 7.91. The third kappa shape index (κ3) is 9.88. The molecule has 4 rings (SSSR count). The summed E-state index contributed by atoms with van der Waals surface area (Å²) in [6.07, 6.45) is -13.1. The molecule has 2 heterocycles. The molecule has 0 bridgehead atoms. The Morgan fingerprint density at radius 1 is 0.944 bits per heavy atom. The highest BCUT2D eigenvalue weighted by Gasteiger charge is 2.58. The van der Waals surface area contributed by atoms with E-state index >= 15 is 4.39 Å². The molecule has 0 spiro atoms. The highest BCUT2D eigenvalue weighted by atomic mass is 32.2. The Balaban J connectivity index is 0.00000541. The van der Waals surface area contributed by atoms with Gasteiger partial charge in [0.2, 0.25) is 11.4 Å². The molecule has 2 aromatic carbocycles. The minimum Gasteiger partial charge on any atom is -0.444 e. The number of anilines is 1. The van der Waals surface area contributed by atoms with Crippen molar-refractivity contribution in [1.82, 2.24) is 20.8 Å². The number of nitrogens with one attached hydrogen (secondary N) is 2. The molecule has 0 saturated heterocycles. The molecular weight excluding hydrogens is 763 g/mol. The fourth-order valence-corrected chi connectivity index (χ4v) is 6.46. The number of amides is 3. The van der Waals surface area contributed by atoms with Crippen LogP contribution in [0.4, 0.5) is 46.0 Å². The Morgan fingerprint density at radius 2 is 1.52 bits per heavy atom. The summed E-state index contributed by atoms with van der Waals surface area (Å²) < 4.78 is 143. The van der Waals surface area contributed by atoms with E-state index in [4.69, 9.17) is 14.0 Å². The van der Waals surface area contributed by atoms with Crippen LogP contribution in [0, 0.1) is 5.82 Å². The van der Waals surface area contributed by atoms with Gasteiger partial charge in [0.1, 0.15) is 28.8 Å². The number of hydrogen-bond acceptors (Lipinski definition) is 11. The quantitative estimate of drug-likeness (QED) is 0.241.